The van der Waals surface area contributed by atoms with E-state index in [1.807, 2.05) is 6.92 Å². The van der Waals surface area contributed by atoms with Gasteiger partial charge in [-0.2, -0.15) is 5.10 Å². The summed E-state index contributed by atoms with van der Waals surface area (Å²) in [5.74, 6) is 0.184. The normalized spacial score (nSPS) is 10.2. The Morgan fingerprint density at radius 3 is 3.15 bits per heavy atom. The van der Waals surface area contributed by atoms with Gasteiger partial charge in [-0.3, -0.25) is 9.48 Å². The van der Waals surface area contributed by atoms with Crippen LogP contribution in [0.5, 0.6) is 5.88 Å². The van der Waals surface area contributed by atoms with Crippen LogP contribution in [0.15, 0.2) is 31.0 Å². The van der Waals surface area contributed by atoms with Crippen LogP contribution < -0.4 is 10.1 Å². The molecule has 2 rings (SSSR count). The lowest BCUT2D eigenvalue weighted by atomic mass is 10.2. The lowest BCUT2D eigenvalue weighted by molar-refractivity contribution is 0.0948. The van der Waals surface area contributed by atoms with Gasteiger partial charge in [0.1, 0.15) is 18.2 Å². The molecule has 1 amide bonds. The first-order valence-corrected chi connectivity index (χ1v) is 6.49. The number of ether oxygens (including phenoxy) is 1. The maximum atomic E-state index is 12.0. The molecule has 0 unspecified atom stereocenters. The molecule has 7 nitrogen and oxygen atoms in total. The van der Waals surface area contributed by atoms with Gasteiger partial charge in [0.15, 0.2) is 0 Å². The van der Waals surface area contributed by atoms with Crippen molar-refractivity contribution in [3.8, 4) is 5.88 Å². The van der Waals surface area contributed by atoms with Crippen LogP contribution >= 0.6 is 0 Å². The van der Waals surface area contributed by atoms with Crippen molar-refractivity contribution in [3.05, 3.63) is 36.5 Å². The highest BCUT2D eigenvalue weighted by atomic mass is 16.5. The summed E-state index contributed by atoms with van der Waals surface area (Å²) < 4.78 is 7.05. The van der Waals surface area contributed by atoms with Gasteiger partial charge < -0.3 is 10.1 Å². The molecular formula is C13H17N5O2. The molecule has 0 spiro atoms. The third-order valence-electron chi connectivity index (χ3n) is 2.61. The predicted octanol–water partition coefficient (Wildman–Crippen LogP) is 0.892. The fraction of sp³-hybridized carbons (Fsp3) is 0.385. The third-order valence-corrected chi connectivity index (χ3v) is 2.61. The van der Waals surface area contributed by atoms with Crippen molar-refractivity contribution in [2.24, 2.45) is 0 Å². The van der Waals surface area contributed by atoms with E-state index in [0.717, 1.165) is 6.42 Å². The molecule has 0 aliphatic carbocycles. The molecule has 2 aromatic heterocycles. The first kappa shape index (κ1) is 14.0. The SMILES string of the molecule is CCOc1ncccc1C(=O)NCCCn1cncn1. The van der Waals surface area contributed by atoms with E-state index in [1.54, 1.807) is 29.3 Å². The second-order valence-electron chi connectivity index (χ2n) is 4.06. The topological polar surface area (TPSA) is 81.9 Å². The Morgan fingerprint density at radius 2 is 2.40 bits per heavy atom. The van der Waals surface area contributed by atoms with Gasteiger partial charge in [-0.15, -0.1) is 0 Å². The van der Waals surface area contributed by atoms with E-state index in [-0.39, 0.29) is 5.91 Å². The molecule has 0 aliphatic rings. The smallest absolute Gasteiger partial charge is 0.256 e. The van der Waals surface area contributed by atoms with Crippen LogP contribution in [0, 0.1) is 0 Å². The highest BCUT2D eigenvalue weighted by Crippen LogP contribution is 2.13. The van der Waals surface area contributed by atoms with Crippen LogP contribution in [-0.2, 0) is 6.54 Å². The van der Waals surface area contributed by atoms with E-state index < -0.39 is 0 Å². The Labute approximate surface area is 117 Å². The number of aromatic nitrogens is 4. The fourth-order valence-electron chi connectivity index (χ4n) is 1.70. The molecule has 0 radical (unpaired) electrons. The molecule has 2 aromatic rings. The number of hydrogen-bond donors (Lipinski definition) is 1. The maximum Gasteiger partial charge on any atom is 0.256 e. The highest BCUT2D eigenvalue weighted by Gasteiger charge is 2.12. The van der Waals surface area contributed by atoms with Crippen LogP contribution in [0.3, 0.4) is 0 Å². The predicted molar refractivity (Wildman–Crippen MR) is 72.4 cm³/mol. The lowest BCUT2D eigenvalue weighted by Crippen LogP contribution is -2.26. The van der Waals surface area contributed by atoms with Crippen molar-refractivity contribution < 1.29 is 9.53 Å². The zero-order valence-electron chi connectivity index (χ0n) is 11.3. The monoisotopic (exact) mass is 275 g/mol. The summed E-state index contributed by atoms with van der Waals surface area (Å²) in [6, 6.07) is 3.41. The highest BCUT2D eigenvalue weighted by molar-refractivity contribution is 5.96. The molecular weight excluding hydrogens is 258 g/mol. The number of rotatable bonds is 7. The average Bonchev–Trinajstić information content (AvgIpc) is 2.97. The lowest BCUT2D eigenvalue weighted by Gasteiger charge is -2.09. The van der Waals surface area contributed by atoms with Crippen molar-refractivity contribution >= 4 is 5.91 Å². The number of amides is 1. The van der Waals surface area contributed by atoms with Gasteiger partial charge in [-0.25, -0.2) is 9.97 Å². The average molecular weight is 275 g/mol. The maximum absolute atomic E-state index is 12.0. The Balaban J connectivity index is 1.82. The fourth-order valence-corrected chi connectivity index (χ4v) is 1.70. The molecule has 0 atom stereocenters. The minimum atomic E-state index is -0.180. The van der Waals surface area contributed by atoms with Gasteiger partial charge in [0.2, 0.25) is 5.88 Å². The van der Waals surface area contributed by atoms with Crippen LogP contribution in [0.4, 0.5) is 0 Å². The Hall–Kier alpha value is -2.44. The number of aryl methyl sites for hydroxylation is 1. The summed E-state index contributed by atoms with van der Waals surface area (Å²) in [5.41, 5.74) is 0.454. The van der Waals surface area contributed by atoms with E-state index in [1.165, 1.54) is 6.33 Å². The second kappa shape index (κ2) is 7.22. The quantitative estimate of drug-likeness (QED) is 0.759. The van der Waals surface area contributed by atoms with Gasteiger partial charge in [-0.05, 0) is 25.5 Å². The van der Waals surface area contributed by atoms with Crippen LogP contribution in [-0.4, -0.2) is 38.8 Å². The van der Waals surface area contributed by atoms with Crippen molar-refractivity contribution in [1.82, 2.24) is 25.1 Å². The largest absolute Gasteiger partial charge is 0.477 e. The number of pyridine rings is 1. The van der Waals surface area contributed by atoms with Crippen molar-refractivity contribution in [2.75, 3.05) is 13.2 Å². The number of carbonyl (C=O) groups excluding carboxylic acids is 1. The molecule has 0 fully saturated rings. The minimum Gasteiger partial charge on any atom is -0.477 e. The zero-order valence-corrected chi connectivity index (χ0v) is 11.3. The first-order valence-electron chi connectivity index (χ1n) is 6.49. The standard InChI is InChI=1S/C13H17N5O2/c1-2-20-13-11(5-3-6-16-13)12(19)15-7-4-8-18-10-14-9-17-18/h3,5-6,9-10H,2,4,7-8H2,1H3,(H,15,19). The van der Waals surface area contributed by atoms with E-state index in [0.29, 0.717) is 31.1 Å². The van der Waals surface area contributed by atoms with Gasteiger partial charge >= 0.3 is 0 Å². The summed E-state index contributed by atoms with van der Waals surface area (Å²) in [6.45, 7) is 3.60. The Kier molecular flexibility index (Phi) is 5.05. The van der Waals surface area contributed by atoms with Crippen LogP contribution in [0.1, 0.15) is 23.7 Å². The number of carbonyl (C=O) groups is 1. The van der Waals surface area contributed by atoms with E-state index in [9.17, 15) is 4.79 Å². The number of hydrogen-bond acceptors (Lipinski definition) is 5. The van der Waals surface area contributed by atoms with E-state index in [2.05, 4.69) is 20.4 Å². The van der Waals surface area contributed by atoms with Crippen molar-refractivity contribution in [3.63, 3.8) is 0 Å². The molecule has 0 bridgehead atoms. The van der Waals surface area contributed by atoms with Gasteiger partial charge in [0.25, 0.3) is 5.91 Å². The molecule has 0 aromatic carbocycles. The summed E-state index contributed by atoms with van der Waals surface area (Å²) in [5, 5.41) is 6.83. The summed E-state index contributed by atoms with van der Waals surface area (Å²) in [7, 11) is 0. The summed E-state index contributed by atoms with van der Waals surface area (Å²) >= 11 is 0. The van der Waals surface area contributed by atoms with Gasteiger partial charge in [-0.1, -0.05) is 0 Å². The molecule has 20 heavy (non-hydrogen) atoms. The molecule has 1 N–H and O–H groups in total. The molecule has 2 heterocycles. The van der Waals surface area contributed by atoms with Crippen molar-refractivity contribution in [1.29, 1.82) is 0 Å². The summed E-state index contributed by atoms with van der Waals surface area (Å²) in [6.07, 6.45) is 5.52. The third kappa shape index (κ3) is 3.78. The second-order valence-corrected chi connectivity index (χ2v) is 4.06. The van der Waals surface area contributed by atoms with Gasteiger partial charge in [0.05, 0.1) is 6.61 Å². The van der Waals surface area contributed by atoms with Crippen LogP contribution in [0.25, 0.3) is 0 Å². The number of nitrogens with zero attached hydrogens (tertiary/aromatic N) is 4. The van der Waals surface area contributed by atoms with E-state index in [4.69, 9.17) is 4.74 Å². The molecule has 0 saturated heterocycles. The Bertz CT molecular complexity index is 541. The van der Waals surface area contributed by atoms with Crippen molar-refractivity contribution in [2.45, 2.75) is 19.9 Å². The minimum absolute atomic E-state index is 0.180. The molecule has 106 valence electrons. The van der Waals surface area contributed by atoms with E-state index >= 15 is 0 Å². The van der Waals surface area contributed by atoms with Gasteiger partial charge in [0, 0.05) is 19.3 Å². The number of nitrogens with one attached hydrogen (secondary N) is 1. The molecule has 7 heteroatoms. The Morgan fingerprint density at radius 1 is 1.50 bits per heavy atom. The molecule has 0 aliphatic heterocycles. The van der Waals surface area contributed by atoms with Crippen LogP contribution in [0.2, 0.25) is 0 Å². The molecule has 0 saturated carbocycles. The zero-order chi connectivity index (χ0) is 14.2. The first-order chi connectivity index (χ1) is 9.81. The summed E-state index contributed by atoms with van der Waals surface area (Å²) in [4.78, 5) is 19.9.